The first-order chi connectivity index (χ1) is 14.3. The highest BCUT2D eigenvalue weighted by Gasteiger charge is 2.28. The van der Waals surface area contributed by atoms with Gasteiger partial charge in [0.25, 0.3) is 0 Å². The summed E-state index contributed by atoms with van der Waals surface area (Å²) in [6.07, 6.45) is 0.00524. The molecule has 0 aromatic heterocycles. The Labute approximate surface area is 181 Å². The van der Waals surface area contributed by atoms with Crippen LogP contribution in [0.25, 0.3) is 0 Å². The van der Waals surface area contributed by atoms with Crippen molar-refractivity contribution in [1.29, 1.82) is 0 Å². The number of nitrogens with zero attached hydrogens (tertiary/aromatic N) is 3. The molecule has 1 aromatic rings. The topological polar surface area (TPSA) is 94.5 Å². The van der Waals surface area contributed by atoms with Gasteiger partial charge in [0.2, 0.25) is 10.0 Å². The van der Waals surface area contributed by atoms with E-state index in [1.165, 1.54) is 4.31 Å². The van der Waals surface area contributed by atoms with Crippen LogP contribution in [0.3, 0.4) is 0 Å². The number of aliphatic hydroxyl groups excluding tert-OH is 1. The molecule has 0 bridgehead atoms. The number of hydrogen-bond donors (Lipinski definition) is 2. The predicted molar refractivity (Wildman–Crippen MR) is 120 cm³/mol. The Morgan fingerprint density at radius 2 is 1.87 bits per heavy atom. The molecule has 170 valence electrons. The second-order valence-electron chi connectivity index (χ2n) is 7.66. The first-order valence-corrected chi connectivity index (χ1v) is 12.3. The van der Waals surface area contributed by atoms with Gasteiger partial charge in [-0.15, -0.1) is 0 Å². The minimum atomic E-state index is -3.32. The lowest BCUT2D eigenvalue weighted by Gasteiger charge is -2.36. The van der Waals surface area contributed by atoms with Crippen LogP contribution in [-0.4, -0.2) is 92.5 Å². The average Bonchev–Trinajstić information content (AvgIpc) is 2.71. The number of ether oxygens (including phenoxy) is 1. The fourth-order valence-corrected chi connectivity index (χ4v) is 4.55. The molecule has 1 aromatic carbocycles. The van der Waals surface area contributed by atoms with Crippen molar-refractivity contribution in [2.75, 3.05) is 51.6 Å². The molecule has 1 fully saturated rings. The summed E-state index contributed by atoms with van der Waals surface area (Å²) in [4.78, 5) is 6.63. The van der Waals surface area contributed by atoms with Gasteiger partial charge >= 0.3 is 0 Å². The number of guanidine groups is 1. The van der Waals surface area contributed by atoms with E-state index in [1.807, 2.05) is 51.1 Å². The Morgan fingerprint density at radius 3 is 2.47 bits per heavy atom. The van der Waals surface area contributed by atoms with Crippen LogP contribution in [0.1, 0.15) is 26.3 Å². The van der Waals surface area contributed by atoms with Crippen molar-refractivity contribution in [3.05, 3.63) is 35.9 Å². The molecule has 0 aliphatic carbocycles. The standard InChI is InChI=1S/C21H36N4O4S/c1-4-22-21(23-17-20(26)16-19-8-6-5-7-9-19)24-10-12-25(13-11-24)30(27,28)15-14-29-18(2)3/h5-9,18,20,26H,4,10-17H2,1-3H3,(H,22,23). The van der Waals surface area contributed by atoms with Crippen LogP contribution >= 0.6 is 0 Å². The van der Waals surface area contributed by atoms with E-state index in [4.69, 9.17) is 4.74 Å². The summed E-state index contributed by atoms with van der Waals surface area (Å²) in [5.41, 5.74) is 1.07. The van der Waals surface area contributed by atoms with E-state index in [-0.39, 0.29) is 18.5 Å². The third-order valence-corrected chi connectivity index (χ3v) is 6.66. The first kappa shape index (κ1) is 24.6. The molecule has 0 radical (unpaired) electrons. The number of sulfonamides is 1. The zero-order chi connectivity index (χ0) is 22.0. The van der Waals surface area contributed by atoms with Gasteiger partial charge in [-0.1, -0.05) is 30.3 Å². The molecule has 2 rings (SSSR count). The van der Waals surface area contributed by atoms with Gasteiger partial charge in [-0.2, -0.15) is 4.31 Å². The van der Waals surface area contributed by atoms with Crippen LogP contribution < -0.4 is 5.32 Å². The van der Waals surface area contributed by atoms with Crippen LogP contribution in [0.15, 0.2) is 35.3 Å². The Kier molecular flexibility index (Phi) is 10.0. The summed E-state index contributed by atoms with van der Waals surface area (Å²) in [5.74, 6) is 0.718. The van der Waals surface area contributed by atoms with E-state index < -0.39 is 16.1 Å². The summed E-state index contributed by atoms with van der Waals surface area (Å²) < 4.78 is 31.9. The second-order valence-corrected chi connectivity index (χ2v) is 9.75. The van der Waals surface area contributed by atoms with Gasteiger partial charge in [-0.05, 0) is 26.3 Å². The summed E-state index contributed by atoms with van der Waals surface area (Å²) in [6.45, 7) is 8.95. The summed E-state index contributed by atoms with van der Waals surface area (Å²) in [5, 5.41) is 13.6. The number of rotatable bonds is 10. The number of piperazine rings is 1. The Hall–Kier alpha value is -1.68. The third kappa shape index (κ3) is 8.22. The minimum Gasteiger partial charge on any atom is -0.391 e. The molecule has 1 atom stereocenters. The second kappa shape index (κ2) is 12.2. The number of hydrogen-bond acceptors (Lipinski definition) is 5. The fraction of sp³-hybridized carbons (Fsp3) is 0.667. The lowest BCUT2D eigenvalue weighted by molar-refractivity contribution is 0.0904. The number of aliphatic hydroxyl groups is 1. The highest BCUT2D eigenvalue weighted by molar-refractivity contribution is 7.89. The third-order valence-electron chi connectivity index (χ3n) is 4.82. The zero-order valence-electron chi connectivity index (χ0n) is 18.3. The molecule has 0 saturated carbocycles. The Morgan fingerprint density at radius 1 is 1.20 bits per heavy atom. The van der Waals surface area contributed by atoms with Crippen molar-refractivity contribution >= 4 is 16.0 Å². The Balaban J connectivity index is 1.87. The summed E-state index contributed by atoms with van der Waals surface area (Å²) >= 11 is 0. The molecule has 30 heavy (non-hydrogen) atoms. The SMILES string of the molecule is CCNC(=NCC(O)Cc1ccccc1)N1CCN(S(=O)(=O)CCOC(C)C)CC1. The summed E-state index contributed by atoms with van der Waals surface area (Å²) in [6, 6.07) is 9.85. The van der Waals surface area contributed by atoms with Crippen LogP contribution in [0, 0.1) is 0 Å². The molecule has 1 unspecified atom stereocenters. The van der Waals surface area contributed by atoms with E-state index in [2.05, 4.69) is 15.2 Å². The van der Waals surface area contributed by atoms with E-state index in [1.54, 1.807) is 0 Å². The molecule has 8 nitrogen and oxygen atoms in total. The maximum atomic E-state index is 12.5. The van der Waals surface area contributed by atoms with Crippen molar-refractivity contribution in [2.24, 2.45) is 4.99 Å². The quantitative estimate of drug-likeness (QED) is 0.415. The van der Waals surface area contributed by atoms with Crippen molar-refractivity contribution in [2.45, 2.75) is 39.4 Å². The molecule has 0 amide bonds. The highest BCUT2D eigenvalue weighted by Crippen LogP contribution is 2.10. The van der Waals surface area contributed by atoms with Crippen LogP contribution in [0.5, 0.6) is 0 Å². The zero-order valence-corrected chi connectivity index (χ0v) is 19.1. The van der Waals surface area contributed by atoms with Gasteiger partial charge in [0.1, 0.15) is 0 Å². The first-order valence-electron chi connectivity index (χ1n) is 10.7. The van der Waals surface area contributed by atoms with Crippen molar-refractivity contribution in [3.8, 4) is 0 Å². The molecule has 2 N–H and O–H groups in total. The lowest BCUT2D eigenvalue weighted by Crippen LogP contribution is -2.54. The van der Waals surface area contributed by atoms with Gasteiger partial charge in [0, 0.05) is 39.1 Å². The van der Waals surface area contributed by atoms with Crippen LogP contribution in [0.2, 0.25) is 0 Å². The van der Waals surface area contributed by atoms with E-state index in [0.717, 1.165) is 5.56 Å². The van der Waals surface area contributed by atoms with Gasteiger partial charge in [0.05, 0.1) is 31.1 Å². The average molecular weight is 441 g/mol. The summed E-state index contributed by atoms with van der Waals surface area (Å²) in [7, 11) is -3.32. The maximum Gasteiger partial charge on any atom is 0.216 e. The molecule has 0 spiro atoms. The van der Waals surface area contributed by atoms with Crippen molar-refractivity contribution in [3.63, 3.8) is 0 Å². The molecule has 1 saturated heterocycles. The molecule has 1 aliphatic heterocycles. The molecular weight excluding hydrogens is 404 g/mol. The van der Waals surface area contributed by atoms with Crippen LogP contribution in [0.4, 0.5) is 0 Å². The fourth-order valence-electron chi connectivity index (χ4n) is 3.26. The number of benzene rings is 1. The predicted octanol–water partition coefficient (Wildman–Crippen LogP) is 0.928. The number of aliphatic imine (C=N–C) groups is 1. The van der Waals surface area contributed by atoms with Gasteiger partial charge < -0.3 is 20.1 Å². The van der Waals surface area contributed by atoms with Gasteiger partial charge in [-0.25, -0.2) is 8.42 Å². The Bertz CT molecular complexity index is 748. The van der Waals surface area contributed by atoms with E-state index in [0.29, 0.717) is 51.6 Å². The number of nitrogens with one attached hydrogen (secondary N) is 1. The van der Waals surface area contributed by atoms with E-state index >= 15 is 0 Å². The van der Waals surface area contributed by atoms with Gasteiger partial charge in [-0.3, -0.25) is 4.99 Å². The molecular formula is C21H36N4O4S. The molecule has 1 heterocycles. The largest absolute Gasteiger partial charge is 0.391 e. The molecule has 9 heteroatoms. The molecule has 1 aliphatic rings. The van der Waals surface area contributed by atoms with Crippen molar-refractivity contribution in [1.82, 2.24) is 14.5 Å². The minimum absolute atomic E-state index is 0.00498. The van der Waals surface area contributed by atoms with Crippen LogP contribution in [-0.2, 0) is 21.2 Å². The normalized spacial score (nSPS) is 17.4. The smallest absolute Gasteiger partial charge is 0.216 e. The van der Waals surface area contributed by atoms with Crippen molar-refractivity contribution < 1.29 is 18.3 Å². The lowest BCUT2D eigenvalue weighted by atomic mass is 10.1. The maximum absolute atomic E-state index is 12.5. The monoisotopic (exact) mass is 440 g/mol. The highest BCUT2D eigenvalue weighted by atomic mass is 32.2. The van der Waals surface area contributed by atoms with Gasteiger partial charge in [0.15, 0.2) is 5.96 Å². The van der Waals surface area contributed by atoms with E-state index in [9.17, 15) is 13.5 Å².